The van der Waals surface area contributed by atoms with E-state index < -0.39 is 0 Å². The van der Waals surface area contributed by atoms with Crippen LogP contribution in [0.3, 0.4) is 0 Å². The first-order valence-corrected chi connectivity index (χ1v) is 3.51. The zero-order valence-corrected chi connectivity index (χ0v) is 6.69. The molecule has 2 heteroatoms. The van der Waals surface area contributed by atoms with Gasteiger partial charge < -0.3 is 0 Å². The molecule has 0 aliphatic carbocycles. The Kier molecular flexibility index (Phi) is 1.90. The molecule has 0 nitrogen and oxygen atoms in total. The molecule has 0 aliphatic rings. The summed E-state index contributed by atoms with van der Waals surface area (Å²) in [6.45, 7) is 0. The van der Waals surface area contributed by atoms with Crippen LogP contribution in [0, 0.1) is 5.82 Å². The molecule has 0 aromatic heterocycles. The summed E-state index contributed by atoms with van der Waals surface area (Å²) in [5.74, 6) is -0.150. The average Bonchev–Trinajstić information content (AvgIpc) is 1.64. The SMILES string of the molecule is Fc1ccc[c]([Sb])c1. The van der Waals surface area contributed by atoms with E-state index in [0.29, 0.717) is 0 Å². The summed E-state index contributed by atoms with van der Waals surface area (Å²) < 4.78 is 13.2. The van der Waals surface area contributed by atoms with Gasteiger partial charge in [0.05, 0.1) is 0 Å². The monoisotopic (exact) mass is 216 g/mol. The van der Waals surface area contributed by atoms with Crippen molar-refractivity contribution in [2.45, 2.75) is 0 Å². The first kappa shape index (κ1) is 6.09. The van der Waals surface area contributed by atoms with Gasteiger partial charge in [-0.3, -0.25) is 0 Å². The third-order valence-electron chi connectivity index (χ3n) is 0.808. The first-order valence-electron chi connectivity index (χ1n) is 2.23. The van der Waals surface area contributed by atoms with Crippen molar-refractivity contribution in [2.24, 2.45) is 0 Å². The van der Waals surface area contributed by atoms with Crippen molar-refractivity contribution in [3.63, 3.8) is 0 Å². The minimum absolute atomic E-state index is 0.150. The van der Waals surface area contributed by atoms with Crippen molar-refractivity contribution < 1.29 is 4.39 Å². The first-order chi connectivity index (χ1) is 3.79. The minimum atomic E-state index is -0.150. The van der Waals surface area contributed by atoms with Crippen LogP contribution in [0.1, 0.15) is 0 Å². The Morgan fingerprint density at radius 3 is 2.50 bits per heavy atom. The predicted octanol–water partition coefficient (Wildman–Crippen LogP) is 0.620. The van der Waals surface area contributed by atoms with E-state index in [1.54, 1.807) is 6.07 Å². The van der Waals surface area contributed by atoms with E-state index in [2.05, 4.69) is 0 Å². The number of halogens is 1. The zero-order valence-electron chi connectivity index (χ0n) is 4.13. The number of benzene rings is 1. The predicted molar refractivity (Wildman–Crippen MR) is 31.8 cm³/mol. The molecule has 1 aromatic rings. The third-order valence-corrected chi connectivity index (χ3v) is 1.60. The third kappa shape index (κ3) is 1.48. The summed E-state index contributed by atoms with van der Waals surface area (Å²) in [7, 11) is 0. The van der Waals surface area contributed by atoms with E-state index >= 15 is 0 Å². The van der Waals surface area contributed by atoms with Gasteiger partial charge in [0.25, 0.3) is 0 Å². The van der Waals surface area contributed by atoms with Crippen LogP contribution in [0.5, 0.6) is 0 Å². The zero-order chi connectivity index (χ0) is 5.98. The number of rotatable bonds is 0. The topological polar surface area (TPSA) is 0 Å². The molecule has 0 amide bonds. The van der Waals surface area contributed by atoms with Crippen LogP contribution in [0.2, 0.25) is 0 Å². The molecule has 0 atom stereocenters. The quantitative estimate of drug-likeness (QED) is 0.558. The fourth-order valence-corrected chi connectivity index (χ4v) is 1.07. The number of hydrogen-bond donors (Lipinski definition) is 0. The Labute approximate surface area is 61.2 Å². The molecular weight excluding hydrogens is 213 g/mol. The molecule has 0 unspecified atom stereocenters. The standard InChI is InChI=1S/C6H4F.Sb/c7-6-4-2-1-3-5-6;/h1-2,4-5H;. The maximum atomic E-state index is 12.2. The summed E-state index contributed by atoms with van der Waals surface area (Å²) in [6.07, 6.45) is 0. The van der Waals surface area contributed by atoms with E-state index in [1.165, 1.54) is 35.2 Å². The van der Waals surface area contributed by atoms with Gasteiger partial charge >= 0.3 is 61.0 Å². The second-order valence-corrected chi connectivity index (χ2v) is 2.95. The van der Waals surface area contributed by atoms with E-state index in [-0.39, 0.29) is 5.82 Å². The Hall–Kier alpha value is -0.0318. The summed E-state index contributed by atoms with van der Waals surface area (Å²) in [5.41, 5.74) is 0. The Morgan fingerprint density at radius 1 is 1.38 bits per heavy atom. The number of hydrogen-bond acceptors (Lipinski definition) is 0. The molecule has 0 aliphatic heterocycles. The van der Waals surface area contributed by atoms with Crippen LogP contribution < -0.4 is 3.51 Å². The van der Waals surface area contributed by atoms with Gasteiger partial charge in [-0.1, -0.05) is 0 Å². The van der Waals surface area contributed by atoms with Crippen molar-refractivity contribution in [3.05, 3.63) is 30.1 Å². The fraction of sp³-hybridized carbons (Fsp3) is 0. The van der Waals surface area contributed by atoms with Crippen LogP contribution in [-0.2, 0) is 0 Å². The second kappa shape index (κ2) is 2.50. The Bertz CT molecular complexity index is 168. The van der Waals surface area contributed by atoms with Gasteiger partial charge in [-0.15, -0.1) is 0 Å². The summed E-state index contributed by atoms with van der Waals surface area (Å²) in [6, 6.07) is 6.57. The van der Waals surface area contributed by atoms with E-state index in [0.717, 1.165) is 3.51 Å². The van der Waals surface area contributed by atoms with Crippen LogP contribution in [0.25, 0.3) is 0 Å². The summed E-state index contributed by atoms with van der Waals surface area (Å²) in [4.78, 5) is 0. The van der Waals surface area contributed by atoms with Crippen molar-refractivity contribution in [3.8, 4) is 0 Å². The van der Waals surface area contributed by atoms with Gasteiger partial charge in [0.15, 0.2) is 0 Å². The van der Waals surface area contributed by atoms with Gasteiger partial charge in [0.2, 0.25) is 0 Å². The van der Waals surface area contributed by atoms with Gasteiger partial charge in [-0.2, -0.15) is 0 Å². The average molecular weight is 217 g/mol. The van der Waals surface area contributed by atoms with E-state index in [9.17, 15) is 4.39 Å². The molecule has 0 saturated heterocycles. The molecule has 0 bridgehead atoms. The van der Waals surface area contributed by atoms with Crippen LogP contribution in [0.4, 0.5) is 4.39 Å². The van der Waals surface area contributed by atoms with E-state index in [1.807, 2.05) is 6.07 Å². The molecule has 1 rings (SSSR count). The second-order valence-electron chi connectivity index (χ2n) is 1.48. The van der Waals surface area contributed by atoms with Crippen molar-refractivity contribution >= 4 is 26.5 Å². The van der Waals surface area contributed by atoms with Crippen LogP contribution >= 0.6 is 0 Å². The molecule has 0 saturated carbocycles. The molecule has 0 spiro atoms. The molecule has 1 aromatic carbocycles. The molecule has 0 fully saturated rings. The van der Waals surface area contributed by atoms with Crippen molar-refractivity contribution in [2.75, 3.05) is 0 Å². The molecular formula is C6H4FSb. The molecule has 0 heterocycles. The normalized spacial score (nSPS) is 9.25. The van der Waals surface area contributed by atoms with Gasteiger partial charge in [0.1, 0.15) is 0 Å². The Morgan fingerprint density at radius 2 is 2.12 bits per heavy atom. The fourth-order valence-electron chi connectivity index (χ4n) is 0.476. The van der Waals surface area contributed by atoms with Gasteiger partial charge in [-0.25, -0.2) is 0 Å². The summed E-state index contributed by atoms with van der Waals surface area (Å²) >= 11 is 1.53. The summed E-state index contributed by atoms with van der Waals surface area (Å²) in [5, 5.41) is 0. The van der Waals surface area contributed by atoms with Gasteiger partial charge in [0, 0.05) is 0 Å². The molecule has 0 N–H and O–H groups in total. The van der Waals surface area contributed by atoms with Gasteiger partial charge in [-0.05, 0) is 0 Å². The molecule has 8 heavy (non-hydrogen) atoms. The van der Waals surface area contributed by atoms with Crippen LogP contribution in [-0.4, -0.2) is 23.0 Å². The molecule has 2 radical (unpaired) electrons. The molecule has 40 valence electrons. The van der Waals surface area contributed by atoms with E-state index in [4.69, 9.17) is 0 Å². The Balaban J connectivity index is 3.08. The van der Waals surface area contributed by atoms with Crippen molar-refractivity contribution in [1.82, 2.24) is 0 Å². The van der Waals surface area contributed by atoms with Crippen LogP contribution in [0.15, 0.2) is 24.3 Å². The maximum absolute atomic E-state index is 12.2. The van der Waals surface area contributed by atoms with Crippen molar-refractivity contribution in [1.29, 1.82) is 0 Å².